The van der Waals surface area contributed by atoms with Crippen LogP contribution in [0.15, 0.2) is 58.5 Å². The Kier molecular flexibility index (Phi) is 4.05. The largest absolute Gasteiger partial charge is 0.369 e. The fourth-order valence-electron chi connectivity index (χ4n) is 4.24. The monoisotopic (exact) mass is 390 g/mol. The second-order valence-electron chi connectivity index (χ2n) is 7.35. The summed E-state index contributed by atoms with van der Waals surface area (Å²) in [4.78, 5) is 15.8. The van der Waals surface area contributed by atoms with Crippen LogP contribution in [0.2, 0.25) is 0 Å². The molecular formula is C21H22N6S. The molecule has 0 radical (unpaired) electrons. The van der Waals surface area contributed by atoms with E-state index in [-0.39, 0.29) is 5.96 Å². The van der Waals surface area contributed by atoms with Crippen molar-refractivity contribution >= 4 is 39.2 Å². The van der Waals surface area contributed by atoms with Crippen LogP contribution >= 0.6 is 11.3 Å². The number of nitrogens with zero attached hydrogens (tertiary/aromatic N) is 4. The topological polar surface area (TPSA) is 92.9 Å². The lowest BCUT2D eigenvalue weighted by molar-refractivity contribution is 0.305. The number of benzene rings is 2. The molecule has 142 valence electrons. The molecule has 1 saturated carbocycles. The molecule has 1 aliphatic heterocycles. The smallest absolute Gasteiger partial charge is 0.220 e. The van der Waals surface area contributed by atoms with E-state index >= 15 is 0 Å². The van der Waals surface area contributed by atoms with E-state index in [0.717, 1.165) is 47.5 Å². The van der Waals surface area contributed by atoms with Crippen molar-refractivity contribution in [3.05, 3.63) is 48.5 Å². The standard InChI is InChI=1S/C21H22N6S/c22-19-25-20(23)27(21(26-19)12-4-1-5-13-21)15-10-8-14(9-11-15)18-24-16-6-2-3-7-17(16)28-18/h2-3,6-11H,1,4-5,12-13H2,(H4,22,23,25,26). The van der Waals surface area contributed by atoms with Crippen molar-refractivity contribution in [2.24, 2.45) is 21.5 Å². The summed E-state index contributed by atoms with van der Waals surface area (Å²) in [6.45, 7) is 0. The van der Waals surface area contributed by atoms with Crippen LogP contribution in [0, 0.1) is 0 Å². The van der Waals surface area contributed by atoms with Crippen LogP contribution in [0.25, 0.3) is 20.8 Å². The number of aliphatic imine (C=N–C) groups is 2. The van der Waals surface area contributed by atoms with Gasteiger partial charge in [0.2, 0.25) is 11.9 Å². The van der Waals surface area contributed by atoms with Gasteiger partial charge in [0, 0.05) is 11.3 Å². The third kappa shape index (κ3) is 2.82. The molecule has 0 atom stereocenters. The molecule has 0 amide bonds. The second kappa shape index (κ2) is 6.60. The van der Waals surface area contributed by atoms with Gasteiger partial charge in [-0.25, -0.2) is 9.98 Å². The number of thiazole rings is 1. The van der Waals surface area contributed by atoms with Gasteiger partial charge in [0.1, 0.15) is 10.7 Å². The third-order valence-corrected chi connectivity index (χ3v) is 6.60. The molecule has 3 aromatic rings. The first-order valence-corrected chi connectivity index (χ1v) is 10.4. The molecule has 7 heteroatoms. The number of hydrogen-bond acceptors (Lipinski definition) is 7. The normalized spacial score (nSPS) is 18.9. The molecule has 0 saturated heterocycles. The zero-order valence-corrected chi connectivity index (χ0v) is 16.3. The van der Waals surface area contributed by atoms with Crippen LogP contribution < -0.4 is 16.4 Å². The number of nitrogens with two attached hydrogens (primary N) is 2. The Morgan fingerprint density at radius 1 is 0.929 bits per heavy atom. The summed E-state index contributed by atoms with van der Waals surface area (Å²) in [5.74, 6) is 0.698. The molecule has 1 aromatic heterocycles. The van der Waals surface area contributed by atoms with Gasteiger partial charge in [0.25, 0.3) is 0 Å². The van der Waals surface area contributed by atoms with E-state index in [1.807, 2.05) is 18.2 Å². The molecule has 1 aliphatic carbocycles. The minimum absolute atomic E-state index is 0.279. The summed E-state index contributed by atoms with van der Waals surface area (Å²) < 4.78 is 1.19. The second-order valence-corrected chi connectivity index (χ2v) is 8.38. The Balaban J connectivity index is 1.51. The van der Waals surface area contributed by atoms with Crippen LogP contribution in [0.4, 0.5) is 5.69 Å². The third-order valence-electron chi connectivity index (χ3n) is 5.52. The van der Waals surface area contributed by atoms with Crippen molar-refractivity contribution in [3.8, 4) is 10.6 Å². The minimum Gasteiger partial charge on any atom is -0.369 e. The van der Waals surface area contributed by atoms with E-state index in [2.05, 4.69) is 40.2 Å². The number of guanidine groups is 2. The number of fused-ring (bicyclic) bond motifs is 1. The Morgan fingerprint density at radius 2 is 1.68 bits per heavy atom. The molecule has 4 N–H and O–H groups in total. The lowest BCUT2D eigenvalue weighted by atomic mass is 9.87. The summed E-state index contributed by atoms with van der Waals surface area (Å²) in [5, 5.41) is 1.02. The van der Waals surface area contributed by atoms with Crippen molar-refractivity contribution in [1.29, 1.82) is 0 Å². The zero-order chi connectivity index (χ0) is 19.1. The summed E-state index contributed by atoms with van der Waals surface area (Å²) >= 11 is 1.70. The summed E-state index contributed by atoms with van der Waals surface area (Å²) in [6.07, 6.45) is 5.32. The van der Waals surface area contributed by atoms with Crippen LogP contribution in [0.3, 0.4) is 0 Å². The quantitative estimate of drug-likeness (QED) is 0.690. The van der Waals surface area contributed by atoms with Gasteiger partial charge >= 0.3 is 0 Å². The highest BCUT2D eigenvalue weighted by Crippen LogP contribution is 2.40. The molecule has 6 nitrogen and oxygen atoms in total. The first-order chi connectivity index (χ1) is 13.6. The minimum atomic E-state index is -0.411. The molecule has 2 aliphatic rings. The number of para-hydroxylation sites is 1. The van der Waals surface area contributed by atoms with E-state index in [9.17, 15) is 0 Å². The Morgan fingerprint density at radius 3 is 2.43 bits per heavy atom. The van der Waals surface area contributed by atoms with Crippen LogP contribution in [-0.2, 0) is 0 Å². The van der Waals surface area contributed by atoms with Crippen LogP contribution in [0.5, 0.6) is 0 Å². The van der Waals surface area contributed by atoms with Crippen LogP contribution in [0.1, 0.15) is 32.1 Å². The van der Waals surface area contributed by atoms with Crippen LogP contribution in [-0.4, -0.2) is 22.6 Å². The maximum atomic E-state index is 6.31. The molecule has 0 bridgehead atoms. The fraction of sp³-hybridized carbons (Fsp3) is 0.286. The number of anilines is 1. The molecule has 2 heterocycles. The fourth-order valence-corrected chi connectivity index (χ4v) is 5.21. The average molecular weight is 391 g/mol. The summed E-state index contributed by atoms with van der Waals surface area (Å²) in [5.41, 5.74) is 15.0. The van der Waals surface area contributed by atoms with Gasteiger partial charge in [-0.05, 0) is 62.1 Å². The van der Waals surface area contributed by atoms with Gasteiger partial charge in [-0.1, -0.05) is 18.6 Å². The van der Waals surface area contributed by atoms with Gasteiger partial charge in [-0.15, -0.1) is 11.3 Å². The number of hydrogen-bond donors (Lipinski definition) is 2. The van der Waals surface area contributed by atoms with Gasteiger partial charge in [-0.3, -0.25) is 4.90 Å². The van der Waals surface area contributed by atoms with Crippen molar-refractivity contribution in [3.63, 3.8) is 0 Å². The molecule has 1 fully saturated rings. The lowest BCUT2D eigenvalue weighted by Gasteiger charge is -2.45. The maximum Gasteiger partial charge on any atom is 0.220 e. The molecule has 5 rings (SSSR count). The first-order valence-electron chi connectivity index (χ1n) is 9.60. The Hall–Kier alpha value is -2.93. The molecule has 1 spiro atoms. The van der Waals surface area contributed by atoms with E-state index in [0.29, 0.717) is 5.96 Å². The van der Waals surface area contributed by atoms with E-state index in [4.69, 9.17) is 21.4 Å². The lowest BCUT2D eigenvalue weighted by Crippen LogP contribution is -2.58. The summed E-state index contributed by atoms with van der Waals surface area (Å²) in [6, 6.07) is 16.6. The highest BCUT2D eigenvalue weighted by molar-refractivity contribution is 7.21. The van der Waals surface area contributed by atoms with Gasteiger partial charge < -0.3 is 11.5 Å². The first kappa shape index (κ1) is 17.2. The predicted molar refractivity (Wildman–Crippen MR) is 117 cm³/mol. The van der Waals surface area contributed by atoms with E-state index in [1.165, 1.54) is 11.1 Å². The Bertz CT molecular complexity index is 1040. The highest BCUT2D eigenvalue weighted by Gasteiger charge is 2.42. The molecule has 28 heavy (non-hydrogen) atoms. The number of rotatable bonds is 2. The van der Waals surface area contributed by atoms with Crippen molar-refractivity contribution in [2.45, 2.75) is 37.8 Å². The van der Waals surface area contributed by atoms with Crippen molar-refractivity contribution in [1.82, 2.24) is 4.98 Å². The van der Waals surface area contributed by atoms with Crippen molar-refractivity contribution in [2.75, 3.05) is 4.90 Å². The molecular weight excluding hydrogens is 368 g/mol. The molecule has 0 unspecified atom stereocenters. The predicted octanol–water partition coefficient (Wildman–Crippen LogP) is 4.07. The summed E-state index contributed by atoms with van der Waals surface area (Å²) in [7, 11) is 0. The maximum absolute atomic E-state index is 6.31. The number of aromatic nitrogens is 1. The average Bonchev–Trinajstić information content (AvgIpc) is 3.13. The van der Waals surface area contributed by atoms with E-state index in [1.54, 1.807) is 11.3 Å². The highest BCUT2D eigenvalue weighted by atomic mass is 32.1. The van der Waals surface area contributed by atoms with E-state index < -0.39 is 5.66 Å². The Labute approximate surface area is 167 Å². The van der Waals surface area contributed by atoms with Crippen molar-refractivity contribution < 1.29 is 0 Å². The molecule has 2 aromatic carbocycles. The zero-order valence-electron chi connectivity index (χ0n) is 15.5. The van der Waals surface area contributed by atoms with Gasteiger partial charge in [0.05, 0.1) is 10.2 Å². The van der Waals surface area contributed by atoms with Gasteiger partial charge in [0.15, 0.2) is 0 Å². The van der Waals surface area contributed by atoms with Gasteiger partial charge in [-0.2, -0.15) is 4.99 Å². The SMILES string of the molecule is NC1=NC2(CCCCC2)N(c2ccc(-c3nc4ccccc4s3)cc2)C(N)=N1.